The first-order valence-electron chi connectivity index (χ1n) is 7.41. The quantitative estimate of drug-likeness (QED) is 0.840. The maximum atomic E-state index is 10.4. The topological polar surface area (TPSA) is 35.9 Å². The van der Waals surface area contributed by atoms with Gasteiger partial charge in [-0.3, -0.25) is 4.90 Å². The van der Waals surface area contributed by atoms with E-state index in [1.165, 1.54) is 11.1 Å². The van der Waals surface area contributed by atoms with E-state index >= 15 is 0 Å². The molecule has 2 unspecified atom stereocenters. The minimum absolute atomic E-state index is 0.0750. The highest BCUT2D eigenvalue weighted by Gasteiger charge is 2.36. The van der Waals surface area contributed by atoms with Gasteiger partial charge >= 0.3 is 0 Å². The fraction of sp³-hybridized carbons (Fsp3) is 0.625. The van der Waals surface area contributed by atoms with Gasteiger partial charge in [-0.25, -0.2) is 0 Å². The average molecular weight is 276 g/mol. The molecule has 0 radical (unpaired) electrons. The van der Waals surface area contributed by atoms with Crippen LogP contribution in [0.25, 0.3) is 0 Å². The summed E-state index contributed by atoms with van der Waals surface area (Å²) in [6.07, 6.45) is -0.438. The van der Waals surface area contributed by atoms with Gasteiger partial charge in [0, 0.05) is 31.7 Å². The molecule has 4 heteroatoms. The lowest BCUT2D eigenvalue weighted by Gasteiger charge is -2.42. The number of hydrogen-bond acceptors (Lipinski definition) is 4. The number of rotatable bonds is 1. The second kappa shape index (κ2) is 5.35. The zero-order chi connectivity index (χ0) is 14.3. The monoisotopic (exact) mass is 276 g/mol. The van der Waals surface area contributed by atoms with E-state index in [0.29, 0.717) is 6.61 Å². The van der Waals surface area contributed by atoms with Crippen molar-refractivity contribution >= 4 is 0 Å². The summed E-state index contributed by atoms with van der Waals surface area (Å²) in [4.78, 5) is 4.75. The summed E-state index contributed by atoms with van der Waals surface area (Å²) in [6.45, 7) is 8.72. The molecular formula is C16H24N2O2. The Balaban J connectivity index is 1.95. The number of fused-ring (bicyclic) bond motifs is 1. The van der Waals surface area contributed by atoms with Crippen molar-refractivity contribution in [2.24, 2.45) is 0 Å². The zero-order valence-corrected chi connectivity index (χ0v) is 12.6. The van der Waals surface area contributed by atoms with Crippen LogP contribution in [0.15, 0.2) is 12.1 Å². The van der Waals surface area contributed by atoms with Crippen molar-refractivity contribution in [1.29, 1.82) is 0 Å². The first kappa shape index (κ1) is 13.9. The van der Waals surface area contributed by atoms with E-state index < -0.39 is 6.10 Å². The number of benzene rings is 1. The molecule has 0 spiro atoms. The van der Waals surface area contributed by atoms with Crippen molar-refractivity contribution in [2.45, 2.75) is 26.0 Å². The van der Waals surface area contributed by atoms with E-state index in [0.717, 1.165) is 37.5 Å². The van der Waals surface area contributed by atoms with Gasteiger partial charge in [0.25, 0.3) is 0 Å². The first-order valence-corrected chi connectivity index (χ1v) is 7.41. The number of aliphatic hydroxyl groups is 1. The summed E-state index contributed by atoms with van der Waals surface area (Å²) < 4.78 is 5.78. The highest BCUT2D eigenvalue weighted by atomic mass is 16.5. The SMILES string of the molecule is Cc1cc(C)c2c(c1)C(N1CCN(C)CC1)C(O)CO2. The lowest BCUT2D eigenvalue weighted by Crippen LogP contribution is -2.50. The summed E-state index contributed by atoms with van der Waals surface area (Å²) >= 11 is 0. The van der Waals surface area contributed by atoms with Gasteiger partial charge < -0.3 is 14.7 Å². The Bertz CT molecular complexity index is 495. The van der Waals surface area contributed by atoms with Crippen LogP contribution in [0, 0.1) is 13.8 Å². The molecule has 2 aliphatic heterocycles. The molecule has 0 amide bonds. The maximum Gasteiger partial charge on any atom is 0.127 e. The van der Waals surface area contributed by atoms with Crippen molar-refractivity contribution in [2.75, 3.05) is 39.8 Å². The van der Waals surface area contributed by atoms with E-state index in [1.54, 1.807) is 0 Å². The van der Waals surface area contributed by atoms with Crippen LogP contribution in [0.3, 0.4) is 0 Å². The number of aliphatic hydroxyl groups excluding tert-OH is 1. The highest BCUT2D eigenvalue weighted by molar-refractivity contribution is 5.47. The number of likely N-dealkylation sites (N-methyl/N-ethyl adjacent to an activating group) is 1. The van der Waals surface area contributed by atoms with Crippen LogP contribution < -0.4 is 4.74 Å². The molecule has 0 saturated carbocycles. The van der Waals surface area contributed by atoms with Crippen molar-refractivity contribution in [1.82, 2.24) is 9.80 Å². The highest BCUT2D eigenvalue weighted by Crippen LogP contribution is 2.39. The fourth-order valence-corrected chi connectivity index (χ4v) is 3.41. The molecule has 20 heavy (non-hydrogen) atoms. The third-order valence-corrected chi connectivity index (χ3v) is 4.46. The van der Waals surface area contributed by atoms with E-state index in [4.69, 9.17) is 4.74 Å². The minimum Gasteiger partial charge on any atom is -0.490 e. The third kappa shape index (κ3) is 2.43. The van der Waals surface area contributed by atoms with Crippen molar-refractivity contribution in [3.63, 3.8) is 0 Å². The fourth-order valence-electron chi connectivity index (χ4n) is 3.41. The molecule has 4 nitrogen and oxygen atoms in total. The Morgan fingerprint density at radius 3 is 2.55 bits per heavy atom. The van der Waals surface area contributed by atoms with E-state index in [9.17, 15) is 5.11 Å². The van der Waals surface area contributed by atoms with Crippen molar-refractivity contribution in [3.05, 3.63) is 28.8 Å². The minimum atomic E-state index is -0.438. The van der Waals surface area contributed by atoms with E-state index in [1.807, 2.05) is 0 Å². The summed E-state index contributed by atoms with van der Waals surface area (Å²) in [6, 6.07) is 4.40. The number of aryl methyl sites for hydroxylation is 2. The predicted octanol–water partition coefficient (Wildman–Crippen LogP) is 1.35. The molecule has 2 heterocycles. The molecule has 0 bridgehead atoms. The number of piperazine rings is 1. The van der Waals surface area contributed by atoms with Crippen LogP contribution in [0.4, 0.5) is 0 Å². The Hall–Kier alpha value is -1.10. The van der Waals surface area contributed by atoms with Gasteiger partial charge in [-0.1, -0.05) is 17.7 Å². The number of ether oxygens (including phenoxy) is 1. The van der Waals surface area contributed by atoms with Gasteiger partial charge in [0.2, 0.25) is 0 Å². The average Bonchev–Trinajstić information content (AvgIpc) is 2.40. The second-order valence-electron chi connectivity index (χ2n) is 6.16. The zero-order valence-electron chi connectivity index (χ0n) is 12.6. The van der Waals surface area contributed by atoms with Crippen molar-refractivity contribution < 1.29 is 9.84 Å². The molecule has 2 atom stereocenters. The summed E-state index contributed by atoms with van der Waals surface area (Å²) in [5.74, 6) is 0.977. The largest absolute Gasteiger partial charge is 0.490 e. The smallest absolute Gasteiger partial charge is 0.127 e. The van der Waals surface area contributed by atoms with E-state index in [2.05, 4.69) is 42.8 Å². The predicted molar refractivity (Wildman–Crippen MR) is 79.2 cm³/mol. The Labute approximate surface area is 120 Å². The molecule has 0 aliphatic carbocycles. The molecule has 1 aromatic rings. The molecule has 2 aliphatic rings. The summed E-state index contributed by atoms with van der Waals surface area (Å²) in [5, 5.41) is 10.4. The van der Waals surface area contributed by atoms with Gasteiger partial charge in [0.1, 0.15) is 18.5 Å². The first-order chi connectivity index (χ1) is 9.56. The maximum absolute atomic E-state index is 10.4. The standard InChI is InChI=1S/C16H24N2O2/c1-11-8-12(2)16-13(9-11)15(14(19)10-20-16)18-6-4-17(3)5-7-18/h8-9,14-15,19H,4-7,10H2,1-3H3. The molecule has 0 aromatic heterocycles. The van der Waals surface area contributed by atoms with E-state index in [-0.39, 0.29) is 6.04 Å². The normalized spacial score (nSPS) is 28.0. The second-order valence-corrected chi connectivity index (χ2v) is 6.16. The molecule has 1 saturated heterocycles. The van der Waals surface area contributed by atoms with Crippen LogP contribution in [-0.4, -0.2) is 60.8 Å². The lowest BCUT2D eigenvalue weighted by atomic mass is 9.92. The van der Waals surface area contributed by atoms with Crippen LogP contribution in [0.1, 0.15) is 22.7 Å². The van der Waals surface area contributed by atoms with Gasteiger partial charge in [0.15, 0.2) is 0 Å². The Morgan fingerprint density at radius 1 is 1.15 bits per heavy atom. The molecule has 1 fully saturated rings. The molecule has 1 N–H and O–H groups in total. The molecule has 3 rings (SSSR count). The van der Waals surface area contributed by atoms with Crippen LogP contribution in [0.5, 0.6) is 5.75 Å². The summed E-state index contributed by atoms with van der Waals surface area (Å²) in [5.41, 5.74) is 3.56. The molecule has 110 valence electrons. The van der Waals surface area contributed by atoms with Gasteiger partial charge in [-0.2, -0.15) is 0 Å². The Kier molecular flexibility index (Phi) is 3.71. The third-order valence-electron chi connectivity index (χ3n) is 4.46. The van der Waals surface area contributed by atoms with Crippen LogP contribution >= 0.6 is 0 Å². The molecule has 1 aromatic carbocycles. The van der Waals surface area contributed by atoms with Gasteiger partial charge in [-0.05, 0) is 26.5 Å². The number of hydrogen-bond donors (Lipinski definition) is 1. The molecular weight excluding hydrogens is 252 g/mol. The lowest BCUT2D eigenvalue weighted by molar-refractivity contribution is -0.0155. The Morgan fingerprint density at radius 2 is 1.85 bits per heavy atom. The van der Waals surface area contributed by atoms with Crippen LogP contribution in [-0.2, 0) is 0 Å². The van der Waals surface area contributed by atoms with Crippen molar-refractivity contribution in [3.8, 4) is 5.75 Å². The van der Waals surface area contributed by atoms with Gasteiger partial charge in [0.05, 0.1) is 6.04 Å². The van der Waals surface area contributed by atoms with Crippen LogP contribution in [0.2, 0.25) is 0 Å². The van der Waals surface area contributed by atoms with Gasteiger partial charge in [-0.15, -0.1) is 0 Å². The summed E-state index contributed by atoms with van der Waals surface area (Å²) in [7, 11) is 2.15. The number of nitrogens with zero attached hydrogens (tertiary/aromatic N) is 2.